The molecular formula is C21H27ClN4O2. The van der Waals surface area contributed by atoms with Crippen LogP contribution in [0.1, 0.15) is 42.7 Å². The summed E-state index contributed by atoms with van der Waals surface area (Å²) in [6.07, 6.45) is 2.06. The molecule has 0 fully saturated rings. The number of nitrogens with zero attached hydrogens (tertiary/aromatic N) is 2. The average Bonchev–Trinajstić information content (AvgIpc) is 3.01. The highest BCUT2D eigenvalue weighted by Gasteiger charge is 2.31. The zero-order valence-corrected chi connectivity index (χ0v) is 17.1. The molecule has 0 spiro atoms. The largest absolute Gasteiger partial charge is 0.366 e. The van der Waals surface area contributed by atoms with Crippen LogP contribution in [-0.4, -0.2) is 34.5 Å². The Bertz CT molecular complexity index is 859. The summed E-state index contributed by atoms with van der Waals surface area (Å²) >= 11 is 6.63. The lowest BCUT2D eigenvalue weighted by molar-refractivity contribution is 0.0997. The van der Waals surface area contributed by atoms with Gasteiger partial charge in [-0.25, -0.2) is 4.79 Å². The number of fused-ring (bicyclic) bond motifs is 1. The second-order valence-electron chi connectivity index (χ2n) is 7.16. The van der Waals surface area contributed by atoms with Crippen molar-refractivity contribution in [2.45, 2.75) is 39.8 Å². The van der Waals surface area contributed by atoms with Crippen LogP contribution in [0.15, 0.2) is 30.3 Å². The molecule has 1 aliphatic heterocycles. The van der Waals surface area contributed by atoms with Gasteiger partial charge in [0.2, 0.25) is 0 Å². The Labute approximate surface area is 170 Å². The number of amides is 3. The van der Waals surface area contributed by atoms with Gasteiger partial charge in [0.15, 0.2) is 0 Å². The molecule has 7 heteroatoms. The summed E-state index contributed by atoms with van der Waals surface area (Å²) in [4.78, 5) is 26.6. The summed E-state index contributed by atoms with van der Waals surface area (Å²) in [6.45, 7) is 6.27. The maximum atomic E-state index is 12.6. The molecule has 2 heterocycles. The van der Waals surface area contributed by atoms with Crippen LogP contribution in [0.2, 0.25) is 5.15 Å². The van der Waals surface area contributed by atoms with Crippen LogP contribution in [0, 0.1) is 5.92 Å². The Morgan fingerprint density at radius 1 is 1.18 bits per heavy atom. The third-order valence-corrected chi connectivity index (χ3v) is 5.93. The molecule has 0 radical (unpaired) electrons. The number of hydrogen-bond donors (Lipinski definition) is 2. The van der Waals surface area contributed by atoms with Gasteiger partial charge in [-0.1, -0.05) is 68.6 Å². The minimum absolute atomic E-state index is 0.118. The molecule has 1 aliphatic rings. The lowest BCUT2D eigenvalue weighted by Gasteiger charge is -2.30. The summed E-state index contributed by atoms with van der Waals surface area (Å²) < 4.78 is 1.90. The monoisotopic (exact) mass is 402 g/mol. The van der Waals surface area contributed by atoms with E-state index in [1.165, 1.54) is 0 Å². The second kappa shape index (κ2) is 8.69. The van der Waals surface area contributed by atoms with Crippen molar-refractivity contribution in [3.8, 4) is 11.1 Å². The van der Waals surface area contributed by atoms with Gasteiger partial charge in [-0.2, -0.15) is 0 Å². The van der Waals surface area contributed by atoms with Crippen molar-refractivity contribution >= 4 is 23.5 Å². The maximum absolute atomic E-state index is 12.6. The molecule has 0 unspecified atom stereocenters. The maximum Gasteiger partial charge on any atom is 0.317 e. The number of rotatable bonds is 6. The molecule has 3 rings (SSSR count). The van der Waals surface area contributed by atoms with E-state index < -0.39 is 5.91 Å². The molecule has 150 valence electrons. The van der Waals surface area contributed by atoms with Crippen LogP contribution < -0.4 is 11.1 Å². The zero-order valence-electron chi connectivity index (χ0n) is 16.4. The third-order valence-electron chi connectivity index (χ3n) is 5.53. The zero-order chi connectivity index (χ0) is 20.3. The summed E-state index contributed by atoms with van der Waals surface area (Å²) in [6, 6.07) is 9.38. The Morgan fingerprint density at radius 2 is 1.86 bits per heavy atom. The van der Waals surface area contributed by atoms with Gasteiger partial charge in [0, 0.05) is 25.2 Å². The van der Waals surface area contributed by atoms with Crippen molar-refractivity contribution in [1.29, 1.82) is 0 Å². The highest BCUT2D eigenvalue weighted by atomic mass is 35.5. The van der Waals surface area contributed by atoms with Crippen molar-refractivity contribution in [2.24, 2.45) is 11.7 Å². The van der Waals surface area contributed by atoms with Crippen molar-refractivity contribution in [3.63, 3.8) is 0 Å². The van der Waals surface area contributed by atoms with Gasteiger partial charge in [-0.15, -0.1) is 0 Å². The standard InChI is InChI=1S/C21H27ClN4O2/c1-3-14(4-2)12-24-21(28)25-10-11-26-16(13-25)18(20(23)27)17(19(26)22)15-8-6-5-7-9-15/h5-9,14H,3-4,10-13H2,1-2H3,(H2,23,27)(H,24,28). The first kappa shape index (κ1) is 20.3. The Hall–Kier alpha value is -2.47. The normalized spacial score (nSPS) is 13.5. The minimum atomic E-state index is -0.534. The SMILES string of the molecule is CCC(CC)CNC(=O)N1CCn2c(Cl)c(-c3ccccc3)c(C(N)=O)c2C1. The Kier molecular flexibility index (Phi) is 6.29. The van der Waals surface area contributed by atoms with Gasteiger partial charge in [0.25, 0.3) is 5.91 Å². The number of carbonyl (C=O) groups is 2. The van der Waals surface area contributed by atoms with Gasteiger partial charge in [-0.3, -0.25) is 4.79 Å². The Morgan fingerprint density at radius 3 is 2.46 bits per heavy atom. The molecule has 3 amide bonds. The van der Waals surface area contributed by atoms with Crippen LogP contribution in [-0.2, 0) is 13.1 Å². The van der Waals surface area contributed by atoms with E-state index >= 15 is 0 Å². The predicted octanol–water partition coefficient (Wildman–Crippen LogP) is 3.87. The number of carbonyl (C=O) groups excluding carboxylic acids is 2. The predicted molar refractivity (Wildman–Crippen MR) is 111 cm³/mol. The van der Waals surface area contributed by atoms with E-state index in [0.717, 1.165) is 18.4 Å². The molecule has 2 aromatic rings. The minimum Gasteiger partial charge on any atom is -0.366 e. The van der Waals surface area contributed by atoms with E-state index in [2.05, 4.69) is 19.2 Å². The summed E-state index contributed by atoms with van der Waals surface area (Å²) in [5, 5.41) is 3.51. The fraction of sp³-hybridized carbons (Fsp3) is 0.429. The molecule has 1 aromatic carbocycles. The van der Waals surface area contributed by atoms with Crippen LogP contribution in [0.4, 0.5) is 4.79 Å². The molecule has 1 aromatic heterocycles. The van der Waals surface area contributed by atoms with E-state index in [1.54, 1.807) is 4.90 Å². The first-order valence-electron chi connectivity index (χ1n) is 9.76. The fourth-order valence-corrected chi connectivity index (χ4v) is 4.13. The fourth-order valence-electron chi connectivity index (χ4n) is 3.74. The smallest absolute Gasteiger partial charge is 0.317 e. The Balaban J connectivity index is 1.89. The van der Waals surface area contributed by atoms with E-state index in [1.807, 2.05) is 34.9 Å². The van der Waals surface area contributed by atoms with Crippen molar-refractivity contribution in [3.05, 3.63) is 46.7 Å². The van der Waals surface area contributed by atoms with Gasteiger partial charge >= 0.3 is 6.03 Å². The number of halogens is 1. The van der Waals surface area contributed by atoms with E-state index in [0.29, 0.717) is 54.1 Å². The van der Waals surface area contributed by atoms with Crippen LogP contribution in [0.25, 0.3) is 11.1 Å². The summed E-state index contributed by atoms with van der Waals surface area (Å²) in [5.41, 5.74) is 8.29. The number of primary amides is 1. The van der Waals surface area contributed by atoms with Crippen LogP contribution >= 0.6 is 11.6 Å². The average molecular weight is 403 g/mol. The molecule has 0 aliphatic carbocycles. The number of aromatic nitrogens is 1. The molecule has 0 bridgehead atoms. The molecule has 0 saturated carbocycles. The van der Waals surface area contributed by atoms with Crippen molar-refractivity contribution < 1.29 is 9.59 Å². The lowest BCUT2D eigenvalue weighted by Crippen LogP contribution is -2.45. The number of benzene rings is 1. The number of hydrogen-bond acceptors (Lipinski definition) is 2. The highest BCUT2D eigenvalue weighted by Crippen LogP contribution is 2.38. The molecule has 0 atom stereocenters. The number of nitrogens with two attached hydrogens (primary N) is 1. The lowest BCUT2D eigenvalue weighted by atomic mass is 10.0. The van der Waals surface area contributed by atoms with Gasteiger partial charge in [0.05, 0.1) is 17.8 Å². The molecule has 3 N–H and O–H groups in total. The topological polar surface area (TPSA) is 80.4 Å². The molecule has 0 saturated heterocycles. The van der Waals surface area contributed by atoms with Crippen LogP contribution in [0.3, 0.4) is 0 Å². The second-order valence-corrected chi connectivity index (χ2v) is 7.52. The van der Waals surface area contributed by atoms with Crippen molar-refractivity contribution in [1.82, 2.24) is 14.8 Å². The van der Waals surface area contributed by atoms with Crippen molar-refractivity contribution in [2.75, 3.05) is 13.1 Å². The van der Waals surface area contributed by atoms with E-state index in [4.69, 9.17) is 17.3 Å². The van der Waals surface area contributed by atoms with Crippen LogP contribution in [0.5, 0.6) is 0 Å². The first-order valence-corrected chi connectivity index (χ1v) is 10.1. The number of nitrogens with one attached hydrogen (secondary N) is 1. The molecular weight excluding hydrogens is 376 g/mol. The first-order chi connectivity index (χ1) is 13.5. The number of urea groups is 1. The molecule has 28 heavy (non-hydrogen) atoms. The highest BCUT2D eigenvalue weighted by molar-refractivity contribution is 6.33. The van der Waals surface area contributed by atoms with Gasteiger partial charge < -0.3 is 20.5 Å². The van der Waals surface area contributed by atoms with Gasteiger partial charge in [0.1, 0.15) is 5.15 Å². The van der Waals surface area contributed by atoms with Gasteiger partial charge in [-0.05, 0) is 11.5 Å². The van der Waals surface area contributed by atoms with E-state index in [9.17, 15) is 9.59 Å². The summed E-state index contributed by atoms with van der Waals surface area (Å²) in [7, 11) is 0. The van der Waals surface area contributed by atoms with E-state index in [-0.39, 0.29) is 6.03 Å². The third kappa shape index (κ3) is 3.87. The molecule has 6 nitrogen and oxygen atoms in total. The summed E-state index contributed by atoms with van der Waals surface area (Å²) in [5.74, 6) is -0.0632. The quantitative estimate of drug-likeness (QED) is 0.769.